The summed E-state index contributed by atoms with van der Waals surface area (Å²) in [6.07, 6.45) is 5.56. The number of anilines is 1. The minimum Gasteiger partial charge on any atom is -0.368 e. The molecule has 0 aliphatic heterocycles. The first-order valence-electron chi connectivity index (χ1n) is 5.49. The first-order chi connectivity index (χ1) is 8.99. The van der Waals surface area contributed by atoms with Crippen LogP contribution >= 0.6 is 0 Å². The highest BCUT2D eigenvalue weighted by Crippen LogP contribution is 2.15. The van der Waals surface area contributed by atoms with E-state index in [0.29, 0.717) is 0 Å². The smallest absolute Gasteiger partial charge is 0.244 e. The maximum atomic E-state index is 12.1. The summed E-state index contributed by atoms with van der Waals surface area (Å²) in [5, 5.41) is 0. The lowest BCUT2D eigenvalue weighted by atomic mass is 10.2. The predicted octanol–water partition coefficient (Wildman–Crippen LogP) is 0.493. The van der Waals surface area contributed by atoms with Crippen molar-refractivity contribution >= 4 is 16.0 Å². The summed E-state index contributed by atoms with van der Waals surface area (Å²) < 4.78 is 26.7. The summed E-state index contributed by atoms with van der Waals surface area (Å²) in [5.41, 5.74) is 6.08. The van der Waals surface area contributed by atoms with Gasteiger partial charge in [-0.25, -0.2) is 23.1 Å². The molecule has 0 aromatic carbocycles. The molecule has 0 saturated carbocycles. The molecule has 0 amide bonds. The predicted molar refractivity (Wildman–Crippen MR) is 69.4 cm³/mol. The third-order valence-corrected chi connectivity index (χ3v) is 3.97. The van der Waals surface area contributed by atoms with Crippen molar-refractivity contribution in [2.45, 2.75) is 17.9 Å². The second-order valence-electron chi connectivity index (χ2n) is 3.91. The number of nitrogens with two attached hydrogens (primary N) is 1. The van der Waals surface area contributed by atoms with Crippen molar-refractivity contribution in [2.24, 2.45) is 0 Å². The van der Waals surface area contributed by atoms with Crippen molar-refractivity contribution in [2.75, 3.05) is 5.73 Å². The molecular formula is C11H13N5O2S. The van der Waals surface area contributed by atoms with Gasteiger partial charge in [-0.15, -0.1) is 0 Å². The Morgan fingerprint density at radius 1 is 1.26 bits per heavy atom. The Labute approximate surface area is 111 Å². The van der Waals surface area contributed by atoms with E-state index >= 15 is 0 Å². The van der Waals surface area contributed by atoms with Crippen LogP contribution < -0.4 is 10.5 Å². The number of nitrogen functional groups attached to an aromatic ring is 1. The molecule has 1 atom stereocenters. The largest absolute Gasteiger partial charge is 0.368 e. The van der Waals surface area contributed by atoms with Gasteiger partial charge in [-0.1, -0.05) is 6.07 Å². The standard InChI is InChI=1S/C11H13N5O2S/c1-8(9-3-2-4-13-5-9)16-19(17,18)10-6-14-11(12)15-7-10/h2-8,16H,1H3,(H2,12,14,15). The van der Waals surface area contributed by atoms with E-state index in [0.717, 1.165) is 5.56 Å². The van der Waals surface area contributed by atoms with Gasteiger partial charge in [-0.2, -0.15) is 0 Å². The van der Waals surface area contributed by atoms with Gasteiger partial charge in [0.2, 0.25) is 16.0 Å². The van der Waals surface area contributed by atoms with Crippen LogP contribution in [-0.4, -0.2) is 23.4 Å². The number of sulfonamides is 1. The van der Waals surface area contributed by atoms with Crippen LogP contribution in [0, 0.1) is 0 Å². The van der Waals surface area contributed by atoms with Crippen LogP contribution in [0.15, 0.2) is 41.8 Å². The minimum atomic E-state index is -3.68. The zero-order valence-electron chi connectivity index (χ0n) is 10.2. The number of nitrogens with zero attached hydrogens (tertiary/aromatic N) is 3. The molecule has 8 heteroatoms. The van der Waals surface area contributed by atoms with E-state index < -0.39 is 16.1 Å². The Balaban J connectivity index is 2.20. The van der Waals surface area contributed by atoms with E-state index in [-0.39, 0.29) is 10.8 Å². The zero-order valence-corrected chi connectivity index (χ0v) is 11.0. The molecule has 7 nitrogen and oxygen atoms in total. The van der Waals surface area contributed by atoms with E-state index in [4.69, 9.17) is 5.73 Å². The van der Waals surface area contributed by atoms with Gasteiger partial charge in [0.15, 0.2) is 0 Å². The number of rotatable bonds is 4. The van der Waals surface area contributed by atoms with Crippen LogP contribution in [-0.2, 0) is 10.0 Å². The maximum Gasteiger partial charge on any atom is 0.244 e. The van der Waals surface area contributed by atoms with Crippen LogP contribution in [0.25, 0.3) is 0 Å². The lowest BCUT2D eigenvalue weighted by molar-refractivity contribution is 0.566. The third-order valence-electron chi connectivity index (χ3n) is 2.47. The summed E-state index contributed by atoms with van der Waals surface area (Å²) in [4.78, 5) is 11.2. The molecule has 2 heterocycles. The van der Waals surface area contributed by atoms with Crippen molar-refractivity contribution < 1.29 is 8.42 Å². The Bertz CT molecular complexity index is 643. The van der Waals surface area contributed by atoms with Gasteiger partial charge in [0.05, 0.1) is 12.4 Å². The number of nitrogens with one attached hydrogen (secondary N) is 1. The fourth-order valence-corrected chi connectivity index (χ4v) is 2.59. The minimum absolute atomic E-state index is 0.0271. The van der Waals surface area contributed by atoms with E-state index in [1.54, 1.807) is 31.5 Å². The van der Waals surface area contributed by atoms with Gasteiger partial charge >= 0.3 is 0 Å². The summed E-state index contributed by atoms with van der Waals surface area (Å²) in [6.45, 7) is 1.73. The lowest BCUT2D eigenvalue weighted by Gasteiger charge is -2.13. The molecule has 19 heavy (non-hydrogen) atoms. The Morgan fingerprint density at radius 3 is 2.53 bits per heavy atom. The molecular weight excluding hydrogens is 266 g/mol. The molecule has 2 aromatic heterocycles. The maximum absolute atomic E-state index is 12.1. The number of hydrogen-bond acceptors (Lipinski definition) is 6. The van der Waals surface area contributed by atoms with Gasteiger partial charge in [0.1, 0.15) is 4.90 Å². The summed E-state index contributed by atoms with van der Waals surface area (Å²) in [5.74, 6) is 0.0271. The van der Waals surface area contributed by atoms with Crippen molar-refractivity contribution in [3.63, 3.8) is 0 Å². The molecule has 0 bridgehead atoms. The summed E-state index contributed by atoms with van der Waals surface area (Å²) >= 11 is 0. The highest BCUT2D eigenvalue weighted by Gasteiger charge is 2.19. The fourth-order valence-electron chi connectivity index (χ4n) is 1.47. The molecule has 1 unspecified atom stereocenters. The van der Waals surface area contributed by atoms with Crippen LogP contribution in [0.3, 0.4) is 0 Å². The first-order valence-corrected chi connectivity index (χ1v) is 6.97. The van der Waals surface area contributed by atoms with Crippen molar-refractivity contribution in [1.29, 1.82) is 0 Å². The molecule has 0 saturated heterocycles. The summed E-state index contributed by atoms with van der Waals surface area (Å²) in [6, 6.07) is 3.13. The average Bonchev–Trinajstić information content (AvgIpc) is 2.40. The molecule has 0 spiro atoms. The zero-order chi connectivity index (χ0) is 13.9. The van der Waals surface area contributed by atoms with Gasteiger partial charge in [0.25, 0.3) is 0 Å². The number of pyridine rings is 1. The van der Waals surface area contributed by atoms with Crippen LogP contribution in [0.5, 0.6) is 0 Å². The van der Waals surface area contributed by atoms with Gasteiger partial charge in [0, 0.05) is 18.4 Å². The Hall–Kier alpha value is -2.06. The van der Waals surface area contributed by atoms with Crippen molar-refractivity contribution in [1.82, 2.24) is 19.7 Å². The van der Waals surface area contributed by atoms with Gasteiger partial charge in [-0.3, -0.25) is 4.98 Å². The van der Waals surface area contributed by atoms with E-state index in [1.807, 2.05) is 0 Å². The SMILES string of the molecule is CC(NS(=O)(=O)c1cnc(N)nc1)c1cccnc1. The second kappa shape index (κ2) is 5.29. The second-order valence-corrected chi connectivity index (χ2v) is 5.62. The first kappa shape index (κ1) is 13.4. The topological polar surface area (TPSA) is 111 Å². The molecule has 0 fully saturated rings. The van der Waals surface area contributed by atoms with Crippen LogP contribution in [0.1, 0.15) is 18.5 Å². The van der Waals surface area contributed by atoms with Crippen molar-refractivity contribution in [3.05, 3.63) is 42.5 Å². The molecule has 100 valence electrons. The fraction of sp³-hybridized carbons (Fsp3) is 0.182. The van der Waals surface area contributed by atoms with E-state index in [1.165, 1.54) is 12.4 Å². The van der Waals surface area contributed by atoms with E-state index in [2.05, 4.69) is 19.7 Å². The molecule has 0 aliphatic carbocycles. The Kier molecular flexibility index (Phi) is 3.72. The lowest BCUT2D eigenvalue weighted by Crippen LogP contribution is -2.27. The third kappa shape index (κ3) is 3.24. The highest BCUT2D eigenvalue weighted by molar-refractivity contribution is 7.89. The normalized spacial score (nSPS) is 13.1. The van der Waals surface area contributed by atoms with Crippen LogP contribution in [0.2, 0.25) is 0 Å². The van der Waals surface area contributed by atoms with E-state index in [9.17, 15) is 8.42 Å². The summed E-state index contributed by atoms with van der Waals surface area (Å²) in [7, 11) is -3.68. The molecule has 2 aromatic rings. The molecule has 2 rings (SSSR count). The van der Waals surface area contributed by atoms with Crippen LogP contribution in [0.4, 0.5) is 5.95 Å². The Morgan fingerprint density at radius 2 is 1.95 bits per heavy atom. The highest BCUT2D eigenvalue weighted by atomic mass is 32.2. The number of hydrogen-bond donors (Lipinski definition) is 2. The van der Waals surface area contributed by atoms with Crippen molar-refractivity contribution in [3.8, 4) is 0 Å². The quantitative estimate of drug-likeness (QED) is 0.842. The molecule has 3 N–H and O–H groups in total. The number of aromatic nitrogens is 3. The van der Waals surface area contributed by atoms with Gasteiger partial charge in [-0.05, 0) is 18.6 Å². The molecule has 0 radical (unpaired) electrons. The average molecular weight is 279 g/mol. The monoisotopic (exact) mass is 279 g/mol. The molecule has 0 aliphatic rings. The van der Waals surface area contributed by atoms with Gasteiger partial charge < -0.3 is 5.73 Å².